The van der Waals surface area contributed by atoms with E-state index in [0.717, 1.165) is 6.07 Å². The second-order valence-electron chi connectivity index (χ2n) is 4.22. The fourth-order valence-electron chi connectivity index (χ4n) is 1.45. The normalized spacial score (nSPS) is 14.6. The van der Waals surface area contributed by atoms with Crippen LogP contribution < -0.4 is 15.9 Å². The molecule has 0 radical (unpaired) electrons. The Morgan fingerprint density at radius 1 is 1.29 bits per heavy atom. The van der Waals surface area contributed by atoms with Gasteiger partial charge in [-0.3, -0.25) is 10.2 Å². The first-order valence-corrected chi connectivity index (χ1v) is 5.93. The van der Waals surface area contributed by atoms with Gasteiger partial charge >= 0.3 is 5.97 Å². The van der Waals surface area contributed by atoms with Crippen LogP contribution in [0, 0.1) is 10.4 Å². The smallest absolute Gasteiger partial charge is 0.303 e. The topological polar surface area (TPSA) is 157 Å². The van der Waals surface area contributed by atoms with Crippen molar-refractivity contribution in [1.82, 2.24) is 0 Å². The van der Waals surface area contributed by atoms with Crippen molar-refractivity contribution in [1.29, 1.82) is 0 Å². The van der Waals surface area contributed by atoms with Crippen LogP contribution in [0.25, 0.3) is 0 Å². The largest absolute Gasteiger partial charge is 0.595 e. The number of quaternary nitrogens is 2. The van der Waals surface area contributed by atoms with Crippen LogP contribution in [0.15, 0.2) is 23.3 Å². The Hall–Kier alpha value is -2.08. The quantitative estimate of drug-likeness (QED) is 0.282. The molecule has 0 spiro atoms. The van der Waals surface area contributed by atoms with Gasteiger partial charge in [0.25, 0.3) is 0 Å². The van der Waals surface area contributed by atoms with Crippen LogP contribution in [0.2, 0.25) is 0 Å². The van der Waals surface area contributed by atoms with Crippen molar-refractivity contribution >= 4 is 28.7 Å². The molecule has 116 valence electrons. The van der Waals surface area contributed by atoms with Gasteiger partial charge in [-0.25, -0.2) is 10.4 Å². The molecule has 21 heavy (non-hydrogen) atoms. The number of nitrogens with zero attached hydrogens (tertiary/aromatic N) is 1. The lowest BCUT2D eigenvalue weighted by atomic mass is 10.2. The van der Waals surface area contributed by atoms with Crippen LogP contribution in [-0.2, 0) is 4.79 Å². The summed E-state index contributed by atoms with van der Waals surface area (Å²) in [5.74, 6) is -0.957. The molecule has 0 aliphatic heterocycles. The van der Waals surface area contributed by atoms with Crippen molar-refractivity contribution in [3.63, 3.8) is 0 Å². The molecule has 1 rings (SSSR count). The number of nitrogens with one attached hydrogen (secondary N) is 3. The number of hydrazone groups is 1. The number of carboxylic acids is 1. The molecule has 0 bridgehead atoms. The van der Waals surface area contributed by atoms with Gasteiger partial charge in [-0.2, -0.15) is 15.6 Å². The molecule has 6 N–H and O–H groups in total. The van der Waals surface area contributed by atoms with Crippen LogP contribution in [0.1, 0.15) is 19.8 Å². The van der Waals surface area contributed by atoms with E-state index in [4.69, 9.17) is 15.5 Å². The van der Waals surface area contributed by atoms with E-state index in [1.807, 2.05) is 0 Å². The Bertz CT molecular complexity index is 531. The number of aliphatic carboxylic acids is 1. The third-order valence-corrected chi connectivity index (χ3v) is 2.56. The standard InChI is InChI=1S/C11H16N4O6/c1-7(2-5-11(16)17)12-13-9-4-3-8(14(18)19)6-10(9)15(20)21/h3-4,6,13-15,18,20H,2,5H2,1H3,(H,16,17). The van der Waals surface area contributed by atoms with Gasteiger partial charge in [0, 0.05) is 11.8 Å². The van der Waals surface area contributed by atoms with Gasteiger partial charge in [-0.05, 0) is 19.4 Å². The number of hydrogen-bond donors (Lipinski definition) is 6. The zero-order chi connectivity index (χ0) is 16.0. The van der Waals surface area contributed by atoms with Crippen LogP contribution in [0.4, 0.5) is 17.1 Å². The Labute approximate surface area is 119 Å². The highest BCUT2D eigenvalue weighted by Gasteiger charge is 2.13. The van der Waals surface area contributed by atoms with Gasteiger partial charge in [0.2, 0.25) is 0 Å². The summed E-state index contributed by atoms with van der Waals surface area (Å²) >= 11 is 0. The molecule has 0 amide bonds. The van der Waals surface area contributed by atoms with Crippen molar-refractivity contribution in [3.05, 3.63) is 28.6 Å². The Kier molecular flexibility index (Phi) is 6.17. The lowest BCUT2D eigenvalue weighted by molar-refractivity contribution is -0.996. The second kappa shape index (κ2) is 7.64. The van der Waals surface area contributed by atoms with E-state index >= 15 is 0 Å². The van der Waals surface area contributed by atoms with Crippen molar-refractivity contribution in [3.8, 4) is 0 Å². The average molecular weight is 300 g/mol. The van der Waals surface area contributed by atoms with E-state index in [2.05, 4.69) is 10.5 Å². The average Bonchev–Trinajstić information content (AvgIpc) is 2.42. The first kappa shape index (κ1) is 17.0. The third kappa shape index (κ3) is 5.43. The minimum Gasteiger partial charge on any atom is -0.595 e. The maximum Gasteiger partial charge on any atom is 0.303 e. The van der Waals surface area contributed by atoms with Gasteiger partial charge in [0.05, 0.1) is 12.5 Å². The van der Waals surface area contributed by atoms with Crippen LogP contribution in [0.3, 0.4) is 0 Å². The molecule has 0 aliphatic rings. The number of benzene rings is 1. The Morgan fingerprint density at radius 3 is 2.48 bits per heavy atom. The van der Waals surface area contributed by atoms with Gasteiger partial charge in [-0.1, -0.05) is 0 Å². The predicted molar refractivity (Wildman–Crippen MR) is 71.6 cm³/mol. The van der Waals surface area contributed by atoms with Crippen molar-refractivity contribution in [2.75, 3.05) is 5.43 Å². The first-order chi connectivity index (χ1) is 9.81. The summed E-state index contributed by atoms with van der Waals surface area (Å²) in [7, 11) is 0. The molecule has 10 nitrogen and oxygen atoms in total. The summed E-state index contributed by atoms with van der Waals surface area (Å²) < 4.78 is 0. The van der Waals surface area contributed by atoms with Gasteiger partial charge in [-0.15, -0.1) is 0 Å². The zero-order valence-electron chi connectivity index (χ0n) is 11.2. The highest BCUT2D eigenvalue weighted by molar-refractivity contribution is 5.86. The Balaban J connectivity index is 2.87. The molecule has 1 aromatic carbocycles. The van der Waals surface area contributed by atoms with Crippen molar-refractivity contribution in [2.24, 2.45) is 5.10 Å². The predicted octanol–water partition coefficient (Wildman–Crippen LogP) is -0.854. The number of hydrogen-bond acceptors (Lipinski definition) is 7. The monoisotopic (exact) mass is 300 g/mol. The van der Waals surface area contributed by atoms with Crippen molar-refractivity contribution < 1.29 is 30.8 Å². The number of anilines is 1. The minimum atomic E-state index is -1.29. The molecule has 0 heterocycles. The fraction of sp³-hybridized carbons (Fsp3) is 0.273. The highest BCUT2D eigenvalue weighted by atomic mass is 16.8. The number of carbonyl (C=O) groups is 1. The lowest BCUT2D eigenvalue weighted by Gasteiger charge is -2.18. The summed E-state index contributed by atoms with van der Waals surface area (Å²) in [6, 6.07) is 3.56. The molecule has 0 fully saturated rings. The van der Waals surface area contributed by atoms with Gasteiger partial charge in [0.1, 0.15) is 5.69 Å². The maximum absolute atomic E-state index is 11.1. The fourth-order valence-corrected chi connectivity index (χ4v) is 1.45. The molecular weight excluding hydrogens is 284 g/mol. The van der Waals surface area contributed by atoms with Crippen LogP contribution >= 0.6 is 0 Å². The summed E-state index contributed by atoms with van der Waals surface area (Å²) in [4.78, 5) is 10.4. The molecule has 2 unspecified atom stereocenters. The summed E-state index contributed by atoms with van der Waals surface area (Å²) in [5.41, 5.74) is 2.73. The van der Waals surface area contributed by atoms with Crippen LogP contribution in [-0.4, -0.2) is 27.2 Å². The Morgan fingerprint density at radius 2 is 1.95 bits per heavy atom. The van der Waals surface area contributed by atoms with E-state index in [0.29, 0.717) is 5.71 Å². The van der Waals surface area contributed by atoms with E-state index in [1.54, 1.807) is 6.92 Å². The summed E-state index contributed by atoms with van der Waals surface area (Å²) in [6.07, 6.45) is 0.138. The molecule has 0 aromatic heterocycles. The van der Waals surface area contributed by atoms with Crippen molar-refractivity contribution in [2.45, 2.75) is 19.8 Å². The molecule has 1 aromatic rings. The van der Waals surface area contributed by atoms with Gasteiger partial charge in [0.15, 0.2) is 11.4 Å². The van der Waals surface area contributed by atoms with Crippen LogP contribution in [0.5, 0.6) is 0 Å². The molecule has 0 aliphatic carbocycles. The molecule has 10 heteroatoms. The minimum absolute atomic E-state index is 0.0826. The summed E-state index contributed by atoms with van der Waals surface area (Å²) in [6.45, 7) is 1.60. The molecular formula is C11H16N4O6. The number of rotatable bonds is 7. The third-order valence-electron chi connectivity index (χ3n) is 2.56. The maximum atomic E-state index is 11.1. The van der Waals surface area contributed by atoms with E-state index in [1.165, 1.54) is 12.1 Å². The molecule has 2 atom stereocenters. The number of carboxylic acid groups (broad SMARTS) is 1. The lowest BCUT2D eigenvalue weighted by Crippen LogP contribution is -3.00. The highest BCUT2D eigenvalue weighted by Crippen LogP contribution is 2.20. The van der Waals surface area contributed by atoms with E-state index < -0.39 is 16.4 Å². The van der Waals surface area contributed by atoms with E-state index in [-0.39, 0.29) is 29.9 Å². The first-order valence-electron chi connectivity index (χ1n) is 5.93. The SMILES string of the molecule is CC(CCC(=O)O)=NNc1ccc([NH+]([O-])O)cc1[NH+]([O-])O. The van der Waals surface area contributed by atoms with E-state index in [9.17, 15) is 15.2 Å². The summed E-state index contributed by atoms with van der Waals surface area (Å²) in [5, 5.41) is 49.7. The van der Waals surface area contributed by atoms with Gasteiger partial charge < -0.3 is 15.5 Å². The zero-order valence-corrected chi connectivity index (χ0v) is 11.2. The molecule has 0 saturated heterocycles. The molecule has 0 saturated carbocycles. The second-order valence-corrected chi connectivity index (χ2v) is 4.22.